The van der Waals surface area contributed by atoms with E-state index in [1.165, 1.54) is 43.4 Å². The molecular formula is C22H35IN4O2S. The lowest BCUT2D eigenvalue weighted by Gasteiger charge is -2.45. The van der Waals surface area contributed by atoms with E-state index in [1.807, 2.05) is 24.3 Å². The third-order valence-electron chi connectivity index (χ3n) is 5.61. The number of halogens is 1. The SMILES string of the molecule is CCNC(=NCCc1ccc(OCC(N)=O)cc1)N1CCSC2(CCCCC2)C1.I. The van der Waals surface area contributed by atoms with Crippen LogP contribution in [0.3, 0.4) is 0 Å². The number of nitrogens with zero attached hydrogens (tertiary/aromatic N) is 2. The first-order valence-corrected chi connectivity index (χ1v) is 11.8. The van der Waals surface area contributed by atoms with E-state index >= 15 is 0 Å². The second-order valence-corrected chi connectivity index (χ2v) is 9.46. The molecule has 1 spiro atoms. The van der Waals surface area contributed by atoms with Crippen LogP contribution in [-0.4, -0.2) is 60.1 Å². The summed E-state index contributed by atoms with van der Waals surface area (Å²) in [4.78, 5) is 18.2. The maximum absolute atomic E-state index is 10.8. The molecule has 6 nitrogen and oxygen atoms in total. The van der Waals surface area contributed by atoms with Crippen molar-refractivity contribution < 1.29 is 9.53 Å². The molecule has 1 aromatic rings. The zero-order valence-electron chi connectivity index (χ0n) is 17.9. The maximum Gasteiger partial charge on any atom is 0.255 e. The number of hydrogen-bond acceptors (Lipinski definition) is 4. The molecule has 1 saturated carbocycles. The summed E-state index contributed by atoms with van der Waals surface area (Å²) in [6.07, 6.45) is 7.69. The van der Waals surface area contributed by atoms with Crippen molar-refractivity contribution in [2.24, 2.45) is 10.7 Å². The highest BCUT2D eigenvalue weighted by molar-refractivity contribution is 14.0. The van der Waals surface area contributed by atoms with Gasteiger partial charge in [-0.1, -0.05) is 31.4 Å². The van der Waals surface area contributed by atoms with Crippen molar-refractivity contribution in [3.8, 4) is 5.75 Å². The van der Waals surface area contributed by atoms with Crippen molar-refractivity contribution in [2.45, 2.75) is 50.2 Å². The summed E-state index contributed by atoms with van der Waals surface area (Å²) in [5.41, 5.74) is 6.31. The smallest absolute Gasteiger partial charge is 0.255 e. The number of aliphatic imine (C=N–C) groups is 1. The first kappa shape index (κ1) is 25.1. The van der Waals surface area contributed by atoms with Gasteiger partial charge in [0, 0.05) is 36.7 Å². The van der Waals surface area contributed by atoms with E-state index in [0.717, 1.165) is 38.6 Å². The van der Waals surface area contributed by atoms with Gasteiger partial charge >= 0.3 is 0 Å². The molecule has 1 saturated heterocycles. The molecule has 3 N–H and O–H groups in total. The molecule has 0 bridgehead atoms. The lowest BCUT2D eigenvalue weighted by molar-refractivity contribution is -0.119. The zero-order valence-corrected chi connectivity index (χ0v) is 21.0. The van der Waals surface area contributed by atoms with Crippen molar-refractivity contribution in [3.05, 3.63) is 29.8 Å². The lowest BCUT2D eigenvalue weighted by atomic mass is 9.87. The molecule has 1 aliphatic carbocycles. The second kappa shape index (κ2) is 12.6. The number of carbonyl (C=O) groups is 1. The molecule has 3 rings (SSSR count). The number of thioether (sulfide) groups is 1. The Hall–Kier alpha value is -1.16. The van der Waals surface area contributed by atoms with E-state index in [4.69, 9.17) is 15.5 Å². The highest BCUT2D eigenvalue weighted by Crippen LogP contribution is 2.42. The van der Waals surface area contributed by atoms with Crippen molar-refractivity contribution in [2.75, 3.05) is 38.5 Å². The first-order valence-electron chi connectivity index (χ1n) is 10.8. The molecule has 0 unspecified atom stereocenters. The quantitative estimate of drug-likeness (QED) is 0.311. The highest BCUT2D eigenvalue weighted by Gasteiger charge is 2.38. The van der Waals surface area contributed by atoms with Gasteiger partial charge in [-0.2, -0.15) is 11.8 Å². The Balaban J connectivity index is 0.00000320. The number of benzene rings is 1. The van der Waals surface area contributed by atoms with Gasteiger partial charge in [0.05, 0.1) is 0 Å². The van der Waals surface area contributed by atoms with Crippen LogP contribution in [0.5, 0.6) is 5.75 Å². The molecule has 1 aliphatic heterocycles. The number of primary amides is 1. The number of carbonyl (C=O) groups excluding carboxylic acids is 1. The van der Waals surface area contributed by atoms with Crippen molar-refractivity contribution in [1.82, 2.24) is 10.2 Å². The number of rotatable bonds is 7. The van der Waals surface area contributed by atoms with Gasteiger partial charge < -0.3 is 20.7 Å². The minimum absolute atomic E-state index is 0. The van der Waals surface area contributed by atoms with E-state index in [1.54, 1.807) is 0 Å². The minimum Gasteiger partial charge on any atom is -0.484 e. The Morgan fingerprint density at radius 2 is 2.00 bits per heavy atom. The molecule has 0 atom stereocenters. The summed E-state index contributed by atoms with van der Waals surface area (Å²) >= 11 is 2.19. The van der Waals surface area contributed by atoms with Crippen LogP contribution in [0.1, 0.15) is 44.6 Å². The Labute approximate surface area is 201 Å². The Bertz CT molecular complexity index is 687. The molecule has 2 fully saturated rings. The molecule has 1 aromatic carbocycles. The summed E-state index contributed by atoms with van der Waals surface area (Å²) in [7, 11) is 0. The van der Waals surface area contributed by atoms with Crippen LogP contribution in [0.4, 0.5) is 0 Å². The molecule has 8 heteroatoms. The lowest BCUT2D eigenvalue weighted by Crippen LogP contribution is -2.53. The van der Waals surface area contributed by atoms with Crippen LogP contribution >= 0.6 is 35.7 Å². The van der Waals surface area contributed by atoms with E-state index in [2.05, 4.69) is 28.9 Å². The van der Waals surface area contributed by atoms with Gasteiger partial charge in [0.15, 0.2) is 12.6 Å². The summed E-state index contributed by atoms with van der Waals surface area (Å²) in [5.74, 6) is 2.44. The highest BCUT2D eigenvalue weighted by atomic mass is 127. The van der Waals surface area contributed by atoms with Gasteiger partial charge in [-0.05, 0) is 43.9 Å². The summed E-state index contributed by atoms with van der Waals surface area (Å²) in [6, 6.07) is 7.80. The summed E-state index contributed by atoms with van der Waals surface area (Å²) in [6.45, 7) is 5.88. The Morgan fingerprint density at radius 3 is 2.67 bits per heavy atom. The van der Waals surface area contributed by atoms with Crippen LogP contribution in [0.25, 0.3) is 0 Å². The fourth-order valence-electron chi connectivity index (χ4n) is 4.15. The van der Waals surface area contributed by atoms with Gasteiger partial charge in [-0.15, -0.1) is 24.0 Å². The molecule has 2 aliphatic rings. The third kappa shape index (κ3) is 7.51. The van der Waals surface area contributed by atoms with Crippen LogP contribution in [0.2, 0.25) is 0 Å². The van der Waals surface area contributed by atoms with E-state index < -0.39 is 5.91 Å². The number of guanidine groups is 1. The topological polar surface area (TPSA) is 80.0 Å². The van der Waals surface area contributed by atoms with Gasteiger partial charge in [0.25, 0.3) is 5.91 Å². The largest absolute Gasteiger partial charge is 0.484 e. The van der Waals surface area contributed by atoms with E-state index in [9.17, 15) is 4.79 Å². The maximum atomic E-state index is 10.8. The normalized spacial score (nSPS) is 18.6. The average Bonchev–Trinajstić information content (AvgIpc) is 2.73. The van der Waals surface area contributed by atoms with Crippen LogP contribution in [0, 0.1) is 0 Å². The first-order chi connectivity index (χ1) is 14.1. The van der Waals surface area contributed by atoms with Crippen LogP contribution in [0.15, 0.2) is 29.3 Å². The second-order valence-electron chi connectivity index (χ2n) is 7.90. The molecule has 0 aromatic heterocycles. The van der Waals surface area contributed by atoms with E-state index in [-0.39, 0.29) is 30.6 Å². The molecule has 30 heavy (non-hydrogen) atoms. The van der Waals surface area contributed by atoms with Gasteiger partial charge in [0.2, 0.25) is 0 Å². The molecule has 1 heterocycles. The summed E-state index contributed by atoms with van der Waals surface area (Å²) < 4.78 is 5.75. The summed E-state index contributed by atoms with van der Waals surface area (Å²) in [5, 5.41) is 3.50. The molecular weight excluding hydrogens is 511 g/mol. The predicted octanol–water partition coefficient (Wildman–Crippen LogP) is 3.43. The molecule has 1 amide bonds. The standard InChI is InChI=1S/C22H34N4O2S.HI/c1-2-24-21(26-14-15-29-22(17-26)11-4-3-5-12-22)25-13-10-18-6-8-19(9-7-18)28-16-20(23)27;/h6-9H,2-5,10-17H2,1H3,(H2,23,27)(H,24,25);1H. The minimum atomic E-state index is -0.467. The van der Waals surface area contributed by atoms with E-state index in [0.29, 0.717) is 10.5 Å². The van der Waals surface area contributed by atoms with Crippen LogP contribution in [-0.2, 0) is 11.2 Å². The number of nitrogens with two attached hydrogens (primary N) is 1. The van der Waals surface area contributed by atoms with Gasteiger partial charge in [-0.3, -0.25) is 9.79 Å². The monoisotopic (exact) mass is 546 g/mol. The predicted molar refractivity (Wildman–Crippen MR) is 136 cm³/mol. The van der Waals surface area contributed by atoms with Gasteiger partial charge in [-0.25, -0.2) is 0 Å². The van der Waals surface area contributed by atoms with Crippen molar-refractivity contribution in [1.29, 1.82) is 0 Å². The Kier molecular flexibility index (Phi) is 10.6. The average molecular weight is 547 g/mol. The fourth-order valence-corrected chi connectivity index (χ4v) is 5.72. The molecule has 168 valence electrons. The van der Waals surface area contributed by atoms with Crippen molar-refractivity contribution >= 4 is 47.6 Å². The number of amides is 1. The molecule has 0 radical (unpaired) electrons. The Morgan fingerprint density at radius 1 is 1.27 bits per heavy atom. The van der Waals surface area contributed by atoms with Crippen molar-refractivity contribution in [3.63, 3.8) is 0 Å². The third-order valence-corrected chi connectivity index (χ3v) is 7.15. The van der Waals surface area contributed by atoms with Crippen LogP contribution < -0.4 is 15.8 Å². The number of ether oxygens (including phenoxy) is 1. The zero-order chi connectivity index (χ0) is 20.5. The fraction of sp³-hybridized carbons (Fsp3) is 0.636. The van der Waals surface area contributed by atoms with Gasteiger partial charge in [0.1, 0.15) is 5.75 Å². The number of nitrogens with one attached hydrogen (secondary N) is 1. The number of hydrogen-bond donors (Lipinski definition) is 2.